The largest absolute Gasteiger partial charge is 0.310 e. The molecule has 0 spiro atoms. The number of rotatable bonds is 3. The molecule has 0 atom stereocenters. The summed E-state index contributed by atoms with van der Waals surface area (Å²) in [5, 5.41) is 7.54. The standard InChI is InChI=1S/C32H25N/c1-22-7-9-25-12-15-31(20-28(25)17-22)33(30-14-11-24-5-3-4-6-27(24)19-30)32-16-13-26-10-8-23(2)18-29(26)21-32/h3-21H,1-2H3. The fourth-order valence-corrected chi connectivity index (χ4v) is 4.75. The third-order valence-corrected chi connectivity index (χ3v) is 6.47. The third-order valence-electron chi connectivity index (χ3n) is 6.47. The normalized spacial score (nSPS) is 11.3. The highest BCUT2D eigenvalue weighted by Gasteiger charge is 2.14. The summed E-state index contributed by atoms with van der Waals surface area (Å²) in [6.07, 6.45) is 0. The molecule has 6 rings (SSSR count). The Morgan fingerprint density at radius 3 is 1.27 bits per heavy atom. The van der Waals surface area contributed by atoms with Crippen LogP contribution in [0.2, 0.25) is 0 Å². The molecule has 1 nitrogen and oxygen atoms in total. The molecular formula is C32H25N. The van der Waals surface area contributed by atoms with Gasteiger partial charge in [-0.05, 0) is 82.6 Å². The Morgan fingerprint density at radius 1 is 0.364 bits per heavy atom. The molecule has 0 fully saturated rings. The van der Waals surface area contributed by atoms with Crippen molar-refractivity contribution in [3.8, 4) is 0 Å². The second-order valence-electron chi connectivity index (χ2n) is 8.94. The highest BCUT2D eigenvalue weighted by molar-refractivity contribution is 5.95. The number of anilines is 3. The summed E-state index contributed by atoms with van der Waals surface area (Å²) < 4.78 is 0. The van der Waals surface area contributed by atoms with Crippen molar-refractivity contribution in [2.75, 3.05) is 4.90 Å². The van der Waals surface area contributed by atoms with Crippen molar-refractivity contribution in [1.29, 1.82) is 0 Å². The summed E-state index contributed by atoms with van der Waals surface area (Å²) >= 11 is 0. The van der Waals surface area contributed by atoms with Gasteiger partial charge in [-0.2, -0.15) is 0 Å². The van der Waals surface area contributed by atoms with Gasteiger partial charge in [0, 0.05) is 17.1 Å². The Morgan fingerprint density at radius 2 is 0.758 bits per heavy atom. The van der Waals surface area contributed by atoms with Crippen molar-refractivity contribution < 1.29 is 0 Å². The van der Waals surface area contributed by atoms with Crippen LogP contribution >= 0.6 is 0 Å². The molecule has 0 unspecified atom stereocenters. The fourth-order valence-electron chi connectivity index (χ4n) is 4.75. The summed E-state index contributed by atoms with van der Waals surface area (Å²) in [5.74, 6) is 0. The molecule has 0 saturated carbocycles. The second-order valence-corrected chi connectivity index (χ2v) is 8.94. The predicted molar refractivity (Wildman–Crippen MR) is 143 cm³/mol. The van der Waals surface area contributed by atoms with Crippen LogP contribution < -0.4 is 4.90 Å². The molecule has 0 aliphatic carbocycles. The van der Waals surface area contributed by atoms with Crippen molar-refractivity contribution in [1.82, 2.24) is 0 Å². The average Bonchev–Trinajstić information content (AvgIpc) is 2.83. The number of fused-ring (bicyclic) bond motifs is 3. The van der Waals surface area contributed by atoms with E-state index >= 15 is 0 Å². The molecular weight excluding hydrogens is 398 g/mol. The first-order valence-corrected chi connectivity index (χ1v) is 11.4. The van der Waals surface area contributed by atoms with E-state index < -0.39 is 0 Å². The molecule has 6 aromatic carbocycles. The van der Waals surface area contributed by atoms with Gasteiger partial charge in [-0.1, -0.05) is 90.0 Å². The molecule has 0 amide bonds. The monoisotopic (exact) mass is 423 g/mol. The van der Waals surface area contributed by atoms with E-state index in [2.05, 4.69) is 134 Å². The second kappa shape index (κ2) is 7.79. The van der Waals surface area contributed by atoms with Gasteiger partial charge in [-0.15, -0.1) is 0 Å². The van der Waals surface area contributed by atoms with Gasteiger partial charge in [-0.3, -0.25) is 0 Å². The molecule has 0 aliphatic heterocycles. The van der Waals surface area contributed by atoms with E-state index in [1.807, 2.05) is 0 Å². The molecule has 0 aromatic heterocycles. The molecule has 158 valence electrons. The van der Waals surface area contributed by atoms with Crippen LogP contribution in [0.1, 0.15) is 11.1 Å². The van der Waals surface area contributed by atoms with Gasteiger partial charge in [0.2, 0.25) is 0 Å². The Bertz CT molecular complexity index is 1560. The first-order valence-electron chi connectivity index (χ1n) is 11.4. The van der Waals surface area contributed by atoms with Gasteiger partial charge in [0.1, 0.15) is 0 Å². The number of hydrogen-bond donors (Lipinski definition) is 0. The number of hydrogen-bond acceptors (Lipinski definition) is 1. The average molecular weight is 424 g/mol. The fraction of sp³-hybridized carbons (Fsp3) is 0.0625. The lowest BCUT2D eigenvalue weighted by molar-refractivity contribution is 1.30. The van der Waals surface area contributed by atoms with Gasteiger partial charge < -0.3 is 4.90 Å². The van der Waals surface area contributed by atoms with E-state index in [1.54, 1.807) is 0 Å². The van der Waals surface area contributed by atoms with Crippen LogP contribution in [0.3, 0.4) is 0 Å². The van der Waals surface area contributed by atoms with Gasteiger partial charge in [0.15, 0.2) is 0 Å². The first kappa shape index (κ1) is 19.6. The van der Waals surface area contributed by atoms with Gasteiger partial charge in [-0.25, -0.2) is 0 Å². The maximum atomic E-state index is 2.37. The molecule has 0 N–H and O–H groups in total. The van der Waals surface area contributed by atoms with Crippen LogP contribution in [-0.2, 0) is 0 Å². The van der Waals surface area contributed by atoms with E-state index in [9.17, 15) is 0 Å². The van der Waals surface area contributed by atoms with Crippen molar-refractivity contribution in [2.24, 2.45) is 0 Å². The van der Waals surface area contributed by atoms with Crippen LogP contribution in [-0.4, -0.2) is 0 Å². The Labute approximate surface area is 194 Å². The van der Waals surface area contributed by atoms with Gasteiger partial charge >= 0.3 is 0 Å². The van der Waals surface area contributed by atoms with E-state index in [0.29, 0.717) is 0 Å². The lowest BCUT2D eigenvalue weighted by atomic mass is 10.0. The van der Waals surface area contributed by atoms with Crippen molar-refractivity contribution in [3.63, 3.8) is 0 Å². The van der Waals surface area contributed by atoms with Crippen LogP contribution in [0.15, 0.2) is 115 Å². The van der Waals surface area contributed by atoms with Crippen molar-refractivity contribution >= 4 is 49.4 Å². The Balaban J connectivity index is 1.59. The summed E-state index contributed by atoms with van der Waals surface area (Å²) in [7, 11) is 0. The SMILES string of the molecule is Cc1ccc2ccc(N(c3ccc4ccccc4c3)c3ccc4ccc(C)cc4c3)cc2c1. The molecule has 6 aromatic rings. The lowest BCUT2D eigenvalue weighted by Gasteiger charge is -2.26. The first-order chi connectivity index (χ1) is 16.1. The molecule has 0 aliphatic rings. The minimum atomic E-state index is 1.16. The molecule has 1 heteroatoms. The summed E-state index contributed by atoms with van der Waals surface area (Å²) in [5.41, 5.74) is 6.04. The lowest BCUT2D eigenvalue weighted by Crippen LogP contribution is -2.10. The van der Waals surface area contributed by atoms with Gasteiger partial charge in [0.25, 0.3) is 0 Å². The predicted octanol–water partition coefficient (Wildman–Crippen LogP) is 9.23. The maximum Gasteiger partial charge on any atom is 0.0468 e. The molecule has 0 bridgehead atoms. The van der Waals surface area contributed by atoms with E-state index in [0.717, 1.165) is 17.1 Å². The minimum absolute atomic E-state index is 1.16. The molecule has 33 heavy (non-hydrogen) atoms. The minimum Gasteiger partial charge on any atom is -0.310 e. The Hall–Kier alpha value is -4.10. The molecule has 0 saturated heterocycles. The number of benzene rings is 6. The molecule has 0 heterocycles. The number of aryl methyl sites for hydroxylation is 2. The van der Waals surface area contributed by atoms with E-state index in [1.165, 1.54) is 43.4 Å². The topological polar surface area (TPSA) is 3.24 Å². The summed E-state index contributed by atoms with van der Waals surface area (Å²) in [6.45, 7) is 4.30. The summed E-state index contributed by atoms with van der Waals surface area (Å²) in [4.78, 5) is 2.37. The van der Waals surface area contributed by atoms with Crippen LogP contribution in [0, 0.1) is 13.8 Å². The highest BCUT2D eigenvalue weighted by Crippen LogP contribution is 2.38. The van der Waals surface area contributed by atoms with E-state index in [4.69, 9.17) is 0 Å². The van der Waals surface area contributed by atoms with Crippen LogP contribution in [0.4, 0.5) is 17.1 Å². The highest BCUT2D eigenvalue weighted by atomic mass is 15.1. The maximum absolute atomic E-state index is 2.37. The third kappa shape index (κ3) is 3.62. The zero-order valence-corrected chi connectivity index (χ0v) is 18.9. The quantitative estimate of drug-likeness (QED) is 0.274. The van der Waals surface area contributed by atoms with Crippen molar-refractivity contribution in [2.45, 2.75) is 13.8 Å². The Kier molecular flexibility index (Phi) is 4.62. The van der Waals surface area contributed by atoms with Crippen molar-refractivity contribution in [3.05, 3.63) is 126 Å². The van der Waals surface area contributed by atoms with E-state index in [-0.39, 0.29) is 0 Å². The molecule has 0 radical (unpaired) electrons. The van der Waals surface area contributed by atoms with Crippen LogP contribution in [0.25, 0.3) is 32.3 Å². The van der Waals surface area contributed by atoms with Crippen LogP contribution in [0.5, 0.6) is 0 Å². The smallest absolute Gasteiger partial charge is 0.0468 e. The van der Waals surface area contributed by atoms with Gasteiger partial charge in [0.05, 0.1) is 0 Å². The zero-order valence-electron chi connectivity index (χ0n) is 18.9. The number of nitrogens with zero attached hydrogens (tertiary/aromatic N) is 1. The zero-order chi connectivity index (χ0) is 22.4. The summed E-state index contributed by atoms with van der Waals surface area (Å²) in [6, 6.07) is 42.1.